The van der Waals surface area contributed by atoms with E-state index in [1.165, 1.54) is 13.8 Å². The van der Waals surface area contributed by atoms with Gasteiger partial charge < -0.3 is 14.7 Å². The molecule has 0 fully saturated rings. The number of aromatic nitrogens is 2. The van der Waals surface area contributed by atoms with Gasteiger partial charge in [-0.1, -0.05) is 0 Å². The van der Waals surface area contributed by atoms with Crippen LogP contribution in [0.1, 0.15) is 61.7 Å². The molecule has 0 saturated heterocycles. The lowest BCUT2D eigenvalue weighted by atomic mass is 9.94. The zero-order valence-corrected chi connectivity index (χ0v) is 13.0. The summed E-state index contributed by atoms with van der Waals surface area (Å²) in [6.07, 6.45) is -0.874. The van der Waals surface area contributed by atoms with Crippen molar-refractivity contribution in [2.24, 2.45) is 0 Å². The molecule has 0 spiro atoms. The van der Waals surface area contributed by atoms with Crippen molar-refractivity contribution >= 4 is 11.9 Å². The highest BCUT2D eigenvalue weighted by molar-refractivity contribution is 5.67. The zero-order valence-electron chi connectivity index (χ0n) is 13.0. The van der Waals surface area contributed by atoms with Crippen molar-refractivity contribution in [3.05, 3.63) is 27.7 Å². The summed E-state index contributed by atoms with van der Waals surface area (Å²) >= 11 is 0. The molecular formula is C14H19N2O6+. The Hall–Kier alpha value is -2.38. The lowest BCUT2D eigenvalue weighted by Gasteiger charge is -2.27. The van der Waals surface area contributed by atoms with Crippen LogP contribution in [0.15, 0.2) is 0 Å². The molecule has 1 aliphatic carbocycles. The van der Waals surface area contributed by atoms with Crippen molar-refractivity contribution in [2.45, 2.75) is 52.7 Å². The first-order valence-corrected chi connectivity index (χ1v) is 6.96. The van der Waals surface area contributed by atoms with E-state index in [1.807, 2.05) is 0 Å². The molecule has 0 amide bonds. The van der Waals surface area contributed by atoms with Crippen LogP contribution in [0.3, 0.4) is 0 Å². The number of ether oxygens (including phenoxy) is 2. The van der Waals surface area contributed by atoms with Gasteiger partial charge in [-0.25, -0.2) is 0 Å². The van der Waals surface area contributed by atoms with Gasteiger partial charge in [0, 0.05) is 25.7 Å². The van der Waals surface area contributed by atoms with Crippen LogP contribution in [-0.2, 0) is 19.1 Å². The van der Waals surface area contributed by atoms with Gasteiger partial charge in [0.2, 0.25) is 0 Å². The van der Waals surface area contributed by atoms with Crippen molar-refractivity contribution in [3.63, 3.8) is 0 Å². The van der Waals surface area contributed by atoms with Crippen LogP contribution in [0.4, 0.5) is 0 Å². The minimum Gasteiger partial charge on any atom is -0.456 e. The summed E-state index contributed by atoms with van der Waals surface area (Å²) < 4.78 is 11.8. The third-order valence-electron chi connectivity index (χ3n) is 3.77. The summed E-state index contributed by atoms with van der Waals surface area (Å²) in [5.74, 6) is -1.04. The molecule has 1 aromatic heterocycles. The van der Waals surface area contributed by atoms with E-state index in [2.05, 4.69) is 0 Å². The summed E-state index contributed by atoms with van der Waals surface area (Å²) in [5.41, 5.74) is 0.848. The Morgan fingerprint density at radius 1 is 1.14 bits per heavy atom. The first kappa shape index (κ1) is 16.0. The van der Waals surface area contributed by atoms with E-state index in [4.69, 9.17) is 9.47 Å². The molecule has 1 aromatic rings. The number of hydrogen-bond donors (Lipinski definition) is 1. The summed E-state index contributed by atoms with van der Waals surface area (Å²) in [6, 6.07) is 0. The van der Waals surface area contributed by atoms with Crippen LogP contribution in [0.25, 0.3) is 0 Å². The van der Waals surface area contributed by atoms with Crippen LogP contribution >= 0.6 is 0 Å². The monoisotopic (exact) mass is 311 g/mol. The van der Waals surface area contributed by atoms with Crippen LogP contribution in [-0.4, -0.2) is 21.9 Å². The van der Waals surface area contributed by atoms with Gasteiger partial charge in [-0.15, -0.1) is 0 Å². The molecule has 120 valence electrons. The van der Waals surface area contributed by atoms with Crippen molar-refractivity contribution in [1.29, 1.82) is 0 Å². The van der Waals surface area contributed by atoms with Crippen molar-refractivity contribution in [2.75, 3.05) is 0 Å². The van der Waals surface area contributed by atoms with E-state index in [-0.39, 0.29) is 17.1 Å². The Bertz CT molecular complexity index is 694. The fourth-order valence-electron chi connectivity index (χ4n) is 2.68. The summed E-state index contributed by atoms with van der Waals surface area (Å²) in [5, 5.41) is 10.3. The largest absolute Gasteiger partial charge is 0.456 e. The van der Waals surface area contributed by atoms with Crippen LogP contribution in [0, 0.1) is 18.8 Å². The molecule has 0 aliphatic heterocycles. The number of esters is 2. The summed E-state index contributed by atoms with van der Waals surface area (Å²) in [7, 11) is 0. The van der Waals surface area contributed by atoms with Crippen LogP contribution in [0.2, 0.25) is 0 Å². The topological polar surface area (TPSA) is 101 Å². The SMILES string of the molecule is CC(=O)O[C@H]1CC[C@@H](OC(C)=O)c2c1[n+](=O)c(C)c(C)n2O. The zero-order chi connectivity index (χ0) is 16.6. The number of rotatable bonds is 2. The Morgan fingerprint density at radius 2 is 1.64 bits per heavy atom. The van der Waals surface area contributed by atoms with E-state index in [1.54, 1.807) is 13.8 Å². The molecule has 0 saturated carbocycles. The Balaban J connectivity index is 2.67. The normalized spacial score (nSPS) is 20.2. The first-order chi connectivity index (χ1) is 10.2. The first-order valence-electron chi connectivity index (χ1n) is 6.96. The maximum atomic E-state index is 12.5. The van der Waals surface area contributed by atoms with E-state index in [9.17, 15) is 19.7 Å². The van der Waals surface area contributed by atoms with E-state index >= 15 is 0 Å². The van der Waals surface area contributed by atoms with E-state index in [0.717, 1.165) is 4.73 Å². The predicted octanol–water partition coefficient (Wildman–Crippen LogP) is 1.26. The van der Waals surface area contributed by atoms with Gasteiger partial charge in [0.1, 0.15) is 5.69 Å². The second-order valence-electron chi connectivity index (χ2n) is 5.32. The molecular weight excluding hydrogens is 292 g/mol. The molecule has 8 heteroatoms. The summed E-state index contributed by atoms with van der Waals surface area (Å²) in [6.45, 7) is 5.63. The molecule has 1 aliphatic rings. The standard InChI is InChI=1S/C14H19N2O6/c1-7-8(2)16(20)14-12(22-10(4)18)6-5-11(21-9(3)17)13(14)15(7)19/h11-12,19H,5-6H2,1-4H3/q+1/t11-,12+/m1/s1. The van der Waals surface area contributed by atoms with Gasteiger partial charge in [0.25, 0.3) is 5.69 Å². The molecule has 0 radical (unpaired) electrons. The third-order valence-corrected chi connectivity index (χ3v) is 3.77. The highest BCUT2D eigenvalue weighted by Crippen LogP contribution is 2.38. The molecule has 0 bridgehead atoms. The highest BCUT2D eigenvalue weighted by atomic mass is 16.6. The number of hydrogen-bond acceptors (Lipinski definition) is 6. The van der Waals surface area contributed by atoms with Gasteiger partial charge in [-0.2, -0.15) is 4.73 Å². The minimum absolute atomic E-state index is 0.0956. The van der Waals surface area contributed by atoms with Gasteiger partial charge in [-0.3, -0.25) is 9.59 Å². The maximum absolute atomic E-state index is 12.5. The van der Waals surface area contributed by atoms with Crippen LogP contribution < -0.4 is 4.43 Å². The Morgan fingerprint density at radius 3 is 2.18 bits per heavy atom. The van der Waals surface area contributed by atoms with Crippen molar-refractivity contribution in [1.82, 2.24) is 4.73 Å². The molecule has 0 aromatic carbocycles. The average Bonchev–Trinajstić information content (AvgIpc) is 2.42. The highest BCUT2D eigenvalue weighted by Gasteiger charge is 2.43. The van der Waals surface area contributed by atoms with E-state index in [0.29, 0.717) is 23.0 Å². The fourth-order valence-corrected chi connectivity index (χ4v) is 2.68. The van der Waals surface area contributed by atoms with E-state index < -0.39 is 24.1 Å². The van der Waals surface area contributed by atoms with Crippen molar-refractivity contribution in [3.8, 4) is 0 Å². The third kappa shape index (κ3) is 2.68. The molecule has 2 rings (SSSR count). The minimum atomic E-state index is -0.783. The molecule has 2 atom stereocenters. The van der Waals surface area contributed by atoms with Gasteiger partial charge in [0.15, 0.2) is 17.9 Å². The second kappa shape index (κ2) is 5.78. The quantitative estimate of drug-likeness (QED) is 0.501. The molecule has 1 heterocycles. The van der Waals surface area contributed by atoms with Gasteiger partial charge in [-0.05, 0) is 19.8 Å². The van der Waals surface area contributed by atoms with Crippen LogP contribution in [0.5, 0.6) is 0 Å². The number of carbonyl (C=O) groups excluding carboxylic acids is 2. The predicted molar refractivity (Wildman–Crippen MR) is 72.7 cm³/mol. The fraction of sp³-hybridized carbons (Fsp3) is 0.571. The Labute approximate surface area is 126 Å². The van der Waals surface area contributed by atoms with Crippen molar-refractivity contribution < 1.29 is 28.7 Å². The van der Waals surface area contributed by atoms with Gasteiger partial charge >= 0.3 is 17.6 Å². The van der Waals surface area contributed by atoms with Gasteiger partial charge in [0.05, 0.1) is 4.43 Å². The molecule has 22 heavy (non-hydrogen) atoms. The molecule has 0 unspecified atom stereocenters. The lowest BCUT2D eigenvalue weighted by molar-refractivity contribution is -0.523. The number of nitrogens with zero attached hydrogens (tertiary/aromatic N) is 2. The maximum Gasteiger partial charge on any atom is 0.306 e. The lowest BCUT2D eigenvalue weighted by Crippen LogP contribution is -2.39. The smallest absolute Gasteiger partial charge is 0.306 e. The second-order valence-corrected chi connectivity index (χ2v) is 5.32. The number of fused-ring (bicyclic) bond motifs is 1. The Kier molecular flexibility index (Phi) is 4.20. The number of carbonyl (C=O) groups is 2. The average molecular weight is 311 g/mol. The molecule has 8 nitrogen and oxygen atoms in total. The summed E-state index contributed by atoms with van der Waals surface area (Å²) in [4.78, 5) is 35.0. The molecule has 1 N–H and O–H groups in total.